The Kier molecular flexibility index (Phi) is 6.16. The number of rotatable bonds is 7. The number of ether oxygens (including phenoxy) is 1. The molecule has 2 bridgehead atoms. The SMILES string of the molecule is C=CCN1C(=O)[C@@H](C(=O)N(Cc2ccccc2)Cc2ccccc2)[C@@H]2C[C@]1(C)Oc1ccccc12. The van der Waals surface area contributed by atoms with Crippen LogP contribution in [-0.2, 0) is 22.7 Å². The van der Waals surface area contributed by atoms with Crippen molar-refractivity contribution in [2.24, 2.45) is 5.92 Å². The van der Waals surface area contributed by atoms with Crippen molar-refractivity contribution in [3.8, 4) is 5.75 Å². The highest BCUT2D eigenvalue weighted by molar-refractivity contribution is 6.02. The second-order valence-electron chi connectivity index (χ2n) is 9.51. The van der Waals surface area contributed by atoms with Gasteiger partial charge in [0.15, 0.2) is 5.72 Å². The zero-order valence-electron chi connectivity index (χ0n) is 20.0. The molecule has 3 atom stereocenters. The van der Waals surface area contributed by atoms with Crippen LogP contribution >= 0.6 is 0 Å². The van der Waals surface area contributed by atoms with E-state index in [1.807, 2.05) is 96.8 Å². The highest BCUT2D eigenvalue weighted by Gasteiger charge is 2.56. The van der Waals surface area contributed by atoms with Gasteiger partial charge in [-0.25, -0.2) is 0 Å². The highest BCUT2D eigenvalue weighted by atomic mass is 16.5. The van der Waals surface area contributed by atoms with E-state index in [2.05, 4.69) is 6.58 Å². The Hall–Kier alpha value is -3.86. The molecule has 178 valence electrons. The number of hydrogen-bond acceptors (Lipinski definition) is 3. The van der Waals surface area contributed by atoms with E-state index in [-0.39, 0.29) is 17.7 Å². The largest absolute Gasteiger partial charge is 0.468 e. The number of carbonyl (C=O) groups excluding carboxylic acids is 2. The van der Waals surface area contributed by atoms with E-state index in [0.29, 0.717) is 26.1 Å². The Morgan fingerprint density at radius 1 is 1.00 bits per heavy atom. The predicted molar refractivity (Wildman–Crippen MR) is 135 cm³/mol. The van der Waals surface area contributed by atoms with Gasteiger partial charge in [0.05, 0.1) is 0 Å². The molecule has 1 saturated heterocycles. The molecule has 2 heterocycles. The van der Waals surface area contributed by atoms with E-state index in [1.165, 1.54) is 0 Å². The van der Waals surface area contributed by atoms with Crippen molar-refractivity contribution in [2.75, 3.05) is 6.54 Å². The molecular weight excluding hydrogens is 436 g/mol. The van der Waals surface area contributed by atoms with Gasteiger partial charge in [-0.15, -0.1) is 6.58 Å². The van der Waals surface area contributed by atoms with Gasteiger partial charge in [-0.1, -0.05) is 84.9 Å². The van der Waals surface area contributed by atoms with Crippen LogP contribution in [0.1, 0.15) is 36.0 Å². The van der Waals surface area contributed by atoms with Gasteiger partial charge in [0, 0.05) is 32.0 Å². The lowest BCUT2D eigenvalue weighted by Gasteiger charge is -2.53. The first-order valence-electron chi connectivity index (χ1n) is 12.1. The molecule has 5 nitrogen and oxygen atoms in total. The Bertz CT molecular complexity index is 1190. The van der Waals surface area contributed by atoms with Gasteiger partial charge in [-0.2, -0.15) is 0 Å². The summed E-state index contributed by atoms with van der Waals surface area (Å²) < 4.78 is 6.34. The summed E-state index contributed by atoms with van der Waals surface area (Å²) in [6, 6.07) is 27.6. The Labute approximate surface area is 206 Å². The lowest BCUT2D eigenvalue weighted by Crippen LogP contribution is -2.64. The van der Waals surface area contributed by atoms with E-state index in [4.69, 9.17) is 4.74 Å². The predicted octanol–water partition coefficient (Wildman–Crippen LogP) is 5.14. The Balaban J connectivity index is 1.55. The van der Waals surface area contributed by atoms with Crippen molar-refractivity contribution in [3.63, 3.8) is 0 Å². The summed E-state index contributed by atoms with van der Waals surface area (Å²) >= 11 is 0. The van der Waals surface area contributed by atoms with Gasteiger partial charge < -0.3 is 14.5 Å². The minimum absolute atomic E-state index is 0.152. The first-order chi connectivity index (χ1) is 17.0. The van der Waals surface area contributed by atoms with Gasteiger partial charge in [0.1, 0.15) is 11.7 Å². The molecule has 5 heteroatoms. The molecule has 0 spiro atoms. The van der Waals surface area contributed by atoms with Crippen molar-refractivity contribution in [3.05, 3.63) is 114 Å². The third-order valence-electron chi connectivity index (χ3n) is 7.07. The van der Waals surface area contributed by atoms with Crippen LogP contribution in [0.4, 0.5) is 0 Å². The maximum absolute atomic E-state index is 14.3. The molecule has 2 aliphatic rings. The number of piperidine rings is 1. The summed E-state index contributed by atoms with van der Waals surface area (Å²) in [7, 11) is 0. The molecule has 0 radical (unpaired) electrons. The summed E-state index contributed by atoms with van der Waals surface area (Å²) in [5.74, 6) is -0.682. The minimum Gasteiger partial charge on any atom is -0.468 e. The molecule has 0 aliphatic carbocycles. The molecule has 3 aromatic carbocycles. The van der Waals surface area contributed by atoms with Crippen LogP contribution in [0.15, 0.2) is 97.6 Å². The highest BCUT2D eigenvalue weighted by Crippen LogP contribution is 2.50. The fourth-order valence-electron chi connectivity index (χ4n) is 5.42. The van der Waals surface area contributed by atoms with Crippen LogP contribution in [-0.4, -0.2) is 33.9 Å². The van der Waals surface area contributed by atoms with Crippen molar-refractivity contribution in [1.82, 2.24) is 9.80 Å². The van der Waals surface area contributed by atoms with Crippen molar-refractivity contribution in [2.45, 2.75) is 38.1 Å². The lowest BCUT2D eigenvalue weighted by molar-refractivity contribution is -0.177. The number of amides is 2. The van der Waals surface area contributed by atoms with E-state index >= 15 is 0 Å². The summed E-state index contributed by atoms with van der Waals surface area (Å²) in [4.78, 5) is 31.7. The number of nitrogens with zero attached hydrogens (tertiary/aromatic N) is 2. The molecule has 0 N–H and O–H groups in total. The number of likely N-dealkylation sites (tertiary alicyclic amines) is 1. The number of hydrogen-bond donors (Lipinski definition) is 0. The summed E-state index contributed by atoms with van der Waals surface area (Å²) in [5, 5.41) is 0. The van der Waals surface area contributed by atoms with Gasteiger partial charge >= 0.3 is 0 Å². The van der Waals surface area contributed by atoms with Crippen molar-refractivity contribution < 1.29 is 14.3 Å². The molecule has 2 aliphatic heterocycles. The van der Waals surface area contributed by atoms with Crippen molar-refractivity contribution in [1.29, 1.82) is 0 Å². The van der Waals surface area contributed by atoms with E-state index in [1.54, 1.807) is 11.0 Å². The molecule has 0 unspecified atom stereocenters. The maximum atomic E-state index is 14.3. The molecule has 3 aromatic rings. The summed E-state index contributed by atoms with van der Waals surface area (Å²) in [5.41, 5.74) is 2.17. The standard InChI is InChI=1S/C30H30N2O3/c1-3-18-32-29(34)27(25-19-30(32,2)35-26-17-11-10-16-24(25)26)28(33)31(20-22-12-6-4-7-13-22)21-23-14-8-5-9-15-23/h3-17,25,27H,1,18-21H2,2H3/t25-,27-,30+/m1/s1. The average molecular weight is 467 g/mol. The first-order valence-corrected chi connectivity index (χ1v) is 12.1. The van der Waals surface area contributed by atoms with Gasteiger partial charge in [0.25, 0.3) is 0 Å². The number of benzene rings is 3. The lowest BCUT2D eigenvalue weighted by atomic mass is 9.73. The zero-order valence-corrected chi connectivity index (χ0v) is 20.0. The van der Waals surface area contributed by atoms with E-state index in [0.717, 1.165) is 22.4 Å². The summed E-state index contributed by atoms with van der Waals surface area (Å²) in [6.07, 6.45) is 2.26. The quantitative estimate of drug-likeness (QED) is 0.358. The van der Waals surface area contributed by atoms with Crippen LogP contribution < -0.4 is 4.74 Å². The summed E-state index contributed by atoms with van der Waals surface area (Å²) in [6.45, 7) is 6.97. The molecule has 35 heavy (non-hydrogen) atoms. The maximum Gasteiger partial charge on any atom is 0.239 e. The topological polar surface area (TPSA) is 49.9 Å². The van der Waals surface area contributed by atoms with Gasteiger partial charge in [-0.05, 0) is 29.7 Å². The normalized spacial score (nSPS) is 22.7. The van der Waals surface area contributed by atoms with E-state index in [9.17, 15) is 9.59 Å². The smallest absolute Gasteiger partial charge is 0.239 e. The molecule has 1 fully saturated rings. The van der Waals surface area contributed by atoms with Crippen LogP contribution in [0.2, 0.25) is 0 Å². The molecule has 2 amide bonds. The fourth-order valence-corrected chi connectivity index (χ4v) is 5.42. The zero-order chi connectivity index (χ0) is 24.4. The number of carbonyl (C=O) groups is 2. The van der Waals surface area contributed by atoms with Crippen LogP contribution in [0.3, 0.4) is 0 Å². The Morgan fingerprint density at radius 2 is 1.57 bits per heavy atom. The third kappa shape index (κ3) is 4.34. The van der Waals surface area contributed by atoms with Gasteiger partial charge in [0.2, 0.25) is 11.8 Å². The molecule has 0 saturated carbocycles. The van der Waals surface area contributed by atoms with Crippen LogP contribution in [0, 0.1) is 5.92 Å². The Morgan fingerprint density at radius 3 is 2.17 bits per heavy atom. The first kappa shape index (κ1) is 22.9. The molecular formula is C30H30N2O3. The second kappa shape index (κ2) is 9.41. The fraction of sp³-hybridized carbons (Fsp3) is 0.267. The number of para-hydroxylation sites is 1. The van der Waals surface area contributed by atoms with Gasteiger partial charge in [-0.3, -0.25) is 9.59 Å². The van der Waals surface area contributed by atoms with Crippen LogP contribution in [0.5, 0.6) is 5.75 Å². The average Bonchev–Trinajstić information content (AvgIpc) is 2.87. The minimum atomic E-state index is -0.819. The van der Waals surface area contributed by atoms with E-state index < -0.39 is 11.6 Å². The second-order valence-corrected chi connectivity index (χ2v) is 9.51. The number of fused-ring (bicyclic) bond motifs is 4. The third-order valence-corrected chi connectivity index (χ3v) is 7.07. The molecule has 5 rings (SSSR count). The van der Waals surface area contributed by atoms with Crippen molar-refractivity contribution >= 4 is 11.8 Å². The monoisotopic (exact) mass is 466 g/mol. The van der Waals surface area contributed by atoms with Crippen LogP contribution in [0.25, 0.3) is 0 Å². The molecule has 0 aromatic heterocycles.